The van der Waals surface area contributed by atoms with E-state index in [1.54, 1.807) is 24.3 Å². The van der Waals surface area contributed by atoms with Crippen LogP contribution in [0, 0.1) is 5.82 Å². The standard InChI is InChI=1S/C24H25FN2O6/c1-4-9-31-26-22(23-13-21(27-33-23)16-5-7-18(25)8-6-16)14-30-19-10-17(24(28)29)11-20(12-19)32-15(2)3/h5-8,10-13,15H,4,9,14H2,1-3H3,(H,28,29)/b26-22+. The molecule has 3 rings (SSSR count). The van der Waals surface area contributed by atoms with E-state index in [4.69, 9.17) is 18.8 Å². The topological polar surface area (TPSA) is 103 Å². The summed E-state index contributed by atoms with van der Waals surface area (Å²) in [5.74, 6) is -0.492. The van der Waals surface area contributed by atoms with Crippen molar-refractivity contribution in [3.63, 3.8) is 0 Å². The van der Waals surface area contributed by atoms with Crippen molar-refractivity contribution >= 4 is 11.7 Å². The van der Waals surface area contributed by atoms with Gasteiger partial charge in [0, 0.05) is 17.7 Å². The molecule has 9 heteroatoms. The van der Waals surface area contributed by atoms with E-state index in [9.17, 15) is 14.3 Å². The Balaban J connectivity index is 1.83. The van der Waals surface area contributed by atoms with E-state index in [1.807, 2.05) is 20.8 Å². The van der Waals surface area contributed by atoms with Crippen LogP contribution in [0.15, 0.2) is 58.2 Å². The Kier molecular flexibility index (Phi) is 8.01. The van der Waals surface area contributed by atoms with Gasteiger partial charge in [0.1, 0.15) is 36.2 Å². The van der Waals surface area contributed by atoms with Gasteiger partial charge in [0.05, 0.1) is 11.7 Å². The quantitative estimate of drug-likeness (QED) is 0.241. The predicted octanol–water partition coefficient (Wildman–Crippen LogP) is 5.18. The van der Waals surface area contributed by atoms with Crippen molar-refractivity contribution in [2.45, 2.75) is 33.3 Å². The molecule has 0 saturated heterocycles. The third-order valence-electron chi connectivity index (χ3n) is 4.28. The summed E-state index contributed by atoms with van der Waals surface area (Å²) in [6.07, 6.45) is 0.617. The summed E-state index contributed by atoms with van der Waals surface area (Å²) in [6.45, 7) is 5.94. The van der Waals surface area contributed by atoms with Crippen LogP contribution in [0.25, 0.3) is 11.3 Å². The number of aromatic carboxylic acids is 1. The number of aromatic nitrogens is 1. The molecule has 2 aromatic carbocycles. The van der Waals surface area contributed by atoms with E-state index in [1.165, 1.54) is 24.3 Å². The molecule has 1 heterocycles. The van der Waals surface area contributed by atoms with Crippen molar-refractivity contribution in [1.29, 1.82) is 0 Å². The molecular weight excluding hydrogens is 431 g/mol. The number of hydrogen-bond donors (Lipinski definition) is 1. The minimum absolute atomic E-state index is 0.0298. The van der Waals surface area contributed by atoms with E-state index in [0.717, 1.165) is 6.42 Å². The average molecular weight is 456 g/mol. The van der Waals surface area contributed by atoms with Crippen LogP contribution in [-0.4, -0.2) is 41.3 Å². The summed E-state index contributed by atoms with van der Waals surface area (Å²) in [4.78, 5) is 16.8. The summed E-state index contributed by atoms with van der Waals surface area (Å²) in [6, 6.07) is 11.9. The molecule has 0 aliphatic rings. The lowest BCUT2D eigenvalue weighted by Gasteiger charge is -2.13. The van der Waals surface area contributed by atoms with Gasteiger partial charge in [0.2, 0.25) is 0 Å². The zero-order chi connectivity index (χ0) is 23.8. The first kappa shape index (κ1) is 23.8. The molecule has 0 atom stereocenters. The van der Waals surface area contributed by atoms with Crippen molar-refractivity contribution in [2.75, 3.05) is 13.2 Å². The van der Waals surface area contributed by atoms with Crippen LogP contribution in [0.4, 0.5) is 4.39 Å². The fourth-order valence-corrected chi connectivity index (χ4v) is 2.80. The maximum Gasteiger partial charge on any atom is 0.335 e. The van der Waals surface area contributed by atoms with E-state index < -0.39 is 5.97 Å². The van der Waals surface area contributed by atoms with Crippen LogP contribution in [0.5, 0.6) is 11.5 Å². The largest absolute Gasteiger partial charge is 0.491 e. The molecule has 0 radical (unpaired) electrons. The number of ether oxygens (including phenoxy) is 2. The normalized spacial score (nSPS) is 11.5. The first-order valence-electron chi connectivity index (χ1n) is 10.5. The number of rotatable bonds is 11. The summed E-state index contributed by atoms with van der Waals surface area (Å²) >= 11 is 0. The van der Waals surface area contributed by atoms with Crippen molar-refractivity contribution in [3.05, 3.63) is 65.7 Å². The number of carboxylic acids is 1. The molecule has 0 aliphatic heterocycles. The van der Waals surface area contributed by atoms with E-state index >= 15 is 0 Å². The van der Waals surface area contributed by atoms with Crippen LogP contribution in [0.3, 0.4) is 0 Å². The Hall–Kier alpha value is -3.88. The number of oxime groups is 1. The number of carbonyl (C=O) groups is 1. The molecule has 0 unspecified atom stereocenters. The smallest absolute Gasteiger partial charge is 0.335 e. The van der Waals surface area contributed by atoms with E-state index in [0.29, 0.717) is 35.1 Å². The SMILES string of the molecule is CCCO/N=C(\COc1cc(OC(C)C)cc(C(=O)O)c1)c1cc(-c2ccc(F)cc2)no1. The molecule has 0 aliphatic carbocycles. The van der Waals surface area contributed by atoms with Gasteiger partial charge in [0.25, 0.3) is 0 Å². The fourth-order valence-electron chi connectivity index (χ4n) is 2.80. The van der Waals surface area contributed by atoms with Gasteiger partial charge in [-0.05, 0) is 56.7 Å². The van der Waals surface area contributed by atoms with Gasteiger partial charge in [-0.25, -0.2) is 9.18 Å². The van der Waals surface area contributed by atoms with Gasteiger partial charge >= 0.3 is 5.97 Å². The third kappa shape index (κ3) is 6.80. The first-order valence-corrected chi connectivity index (χ1v) is 10.5. The molecule has 3 aromatic rings. The Morgan fingerprint density at radius 1 is 1.15 bits per heavy atom. The highest BCUT2D eigenvalue weighted by molar-refractivity contribution is 5.99. The number of halogens is 1. The van der Waals surface area contributed by atoms with Crippen LogP contribution < -0.4 is 9.47 Å². The molecule has 1 N–H and O–H groups in total. The molecule has 0 saturated carbocycles. The molecule has 0 spiro atoms. The predicted molar refractivity (Wildman–Crippen MR) is 119 cm³/mol. The third-order valence-corrected chi connectivity index (χ3v) is 4.28. The van der Waals surface area contributed by atoms with E-state index in [-0.39, 0.29) is 29.8 Å². The Morgan fingerprint density at radius 2 is 1.88 bits per heavy atom. The molecule has 0 amide bonds. The zero-order valence-electron chi connectivity index (χ0n) is 18.6. The molecule has 174 valence electrons. The molecule has 1 aromatic heterocycles. The second-order valence-electron chi connectivity index (χ2n) is 7.41. The first-order chi connectivity index (χ1) is 15.9. The Labute approximate surface area is 190 Å². The summed E-state index contributed by atoms with van der Waals surface area (Å²) < 4.78 is 30.1. The second-order valence-corrected chi connectivity index (χ2v) is 7.41. The highest BCUT2D eigenvalue weighted by atomic mass is 19.1. The molecule has 0 bridgehead atoms. The lowest BCUT2D eigenvalue weighted by molar-refractivity contribution is 0.0695. The fraction of sp³-hybridized carbons (Fsp3) is 0.292. The maximum atomic E-state index is 13.2. The highest BCUT2D eigenvalue weighted by Gasteiger charge is 2.16. The van der Waals surface area contributed by atoms with Crippen molar-refractivity contribution in [1.82, 2.24) is 5.16 Å². The van der Waals surface area contributed by atoms with Crippen LogP contribution in [0.2, 0.25) is 0 Å². The number of carboxylic acid groups (broad SMARTS) is 1. The van der Waals surface area contributed by atoms with Crippen molar-refractivity contribution in [2.24, 2.45) is 5.16 Å². The van der Waals surface area contributed by atoms with Gasteiger partial charge in [0.15, 0.2) is 11.5 Å². The molecule has 8 nitrogen and oxygen atoms in total. The van der Waals surface area contributed by atoms with Gasteiger partial charge in [-0.15, -0.1) is 0 Å². The van der Waals surface area contributed by atoms with Crippen molar-refractivity contribution in [3.8, 4) is 22.8 Å². The summed E-state index contributed by atoms with van der Waals surface area (Å²) in [5, 5.41) is 17.5. The number of nitrogens with zero attached hydrogens (tertiary/aromatic N) is 2. The number of hydrogen-bond acceptors (Lipinski definition) is 7. The van der Waals surface area contributed by atoms with Gasteiger partial charge in [-0.2, -0.15) is 0 Å². The zero-order valence-corrected chi connectivity index (χ0v) is 18.6. The monoisotopic (exact) mass is 456 g/mol. The van der Waals surface area contributed by atoms with Crippen LogP contribution in [-0.2, 0) is 4.84 Å². The highest BCUT2D eigenvalue weighted by Crippen LogP contribution is 2.25. The number of benzene rings is 2. The molecule has 0 fully saturated rings. The lowest BCUT2D eigenvalue weighted by Crippen LogP contribution is -2.14. The summed E-state index contributed by atoms with van der Waals surface area (Å²) in [5.41, 5.74) is 1.51. The Morgan fingerprint density at radius 3 is 2.55 bits per heavy atom. The average Bonchev–Trinajstić information content (AvgIpc) is 3.26. The Bertz CT molecular complexity index is 1110. The molecular formula is C24H25FN2O6. The van der Waals surface area contributed by atoms with Gasteiger partial charge < -0.3 is 23.9 Å². The second kappa shape index (κ2) is 11.1. The minimum Gasteiger partial charge on any atom is -0.491 e. The van der Waals surface area contributed by atoms with Crippen LogP contribution >= 0.6 is 0 Å². The van der Waals surface area contributed by atoms with E-state index in [2.05, 4.69) is 10.3 Å². The van der Waals surface area contributed by atoms with Gasteiger partial charge in [-0.3, -0.25) is 0 Å². The minimum atomic E-state index is -1.10. The van der Waals surface area contributed by atoms with Crippen LogP contribution in [0.1, 0.15) is 43.3 Å². The summed E-state index contributed by atoms with van der Waals surface area (Å²) in [7, 11) is 0. The lowest BCUT2D eigenvalue weighted by atomic mass is 10.1. The maximum absolute atomic E-state index is 13.2. The van der Waals surface area contributed by atoms with Gasteiger partial charge in [-0.1, -0.05) is 17.2 Å². The van der Waals surface area contributed by atoms with Crippen molar-refractivity contribution < 1.29 is 33.1 Å². The molecule has 33 heavy (non-hydrogen) atoms.